The van der Waals surface area contributed by atoms with Gasteiger partial charge in [-0.1, -0.05) is 11.8 Å². The maximum absolute atomic E-state index is 13.0. The highest BCUT2D eigenvalue weighted by Crippen LogP contribution is 2.43. The number of hydrogen-bond acceptors (Lipinski definition) is 2. The highest BCUT2D eigenvalue weighted by atomic mass is 32.2. The Balaban J connectivity index is 4.53. The van der Waals surface area contributed by atoms with Crippen molar-refractivity contribution in [1.82, 2.24) is 0 Å². The normalized spacial score (nSPS) is 15.4. The standard InChI is InChI=1S/C9H10F8OS/c1-5(18)19-3-2-7(11,12)4-6(10)8(13,14)9(15,16)17/h6H,2-4H2,1H3. The number of halogens is 8. The number of carbonyl (C=O) groups is 1. The molecule has 0 spiro atoms. The molecule has 19 heavy (non-hydrogen) atoms. The Morgan fingerprint density at radius 3 is 1.95 bits per heavy atom. The van der Waals surface area contributed by atoms with Crippen LogP contribution in [0.1, 0.15) is 19.8 Å². The second kappa shape index (κ2) is 6.27. The van der Waals surface area contributed by atoms with Crippen LogP contribution in [0.4, 0.5) is 35.1 Å². The summed E-state index contributed by atoms with van der Waals surface area (Å²) in [7, 11) is 0. The van der Waals surface area contributed by atoms with Gasteiger partial charge in [-0.25, -0.2) is 13.2 Å². The average molecular weight is 318 g/mol. The molecule has 1 nitrogen and oxygen atoms in total. The van der Waals surface area contributed by atoms with Gasteiger partial charge in [-0.3, -0.25) is 4.79 Å². The Bertz CT molecular complexity index is 314. The predicted octanol–water partition coefficient (Wildman–Crippen LogP) is 4.22. The van der Waals surface area contributed by atoms with Crippen molar-refractivity contribution in [2.75, 3.05) is 5.75 Å². The van der Waals surface area contributed by atoms with Crippen LogP contribution < -0.4 is 0 Å². The van der Waals surface area contributed by atoms with Gasteiger partial charge in [0.1, 0.15) is 0 Å². The average Bonchev–Trinajstić information content (AvgIpc) is 2.13. The molecular formula is C9H10F8OS. The van der Waals surface area contributed by atoms with E-state index < -0.39 is 47.9 Å². The lowest BCUT2D eigenvalue weighted by atomic mass is 10.0. The minimum Gasteiger partial charge on any atom is -0.288 e. The molecule has 0 aliphatic rings. The third kappa shape index (κ3) is 5.96. The van der Waals surface area contributed by atoms with Crippen LogP contribution in [-0.2, 0) is 4.79 Å². The van der Waals surface area contributed by atoms with E-state index in [2.05, 4.69) is 0 Å². The molecule has 0 heterocycles. The molecule has 0 N–H and O–H groups in total. The van der Waals surface area contributed by atoms with Gasteiger partial charge in [-0.05, 0) is 0 Å². The minimum atomic E-state index is -6.23. The molecule has 0 aromatic carbocycles. The Morgan fingerprint density at radius 1 is 1.11 bits per heavy atom. The van der Waals surface area contributed by atoms with Crippen LogP contribution in [-0.4, -0.2) is 35.1 Å². The summed E-state index contributed by atoms with van der Waals surface area (Å²) in [6.07, 6.45) is -13.7. The second-order valence-corrected chi connectivity index (χ2v) is 5.01. The first-order valence-corrected chi connectivity index (χ1v) is 5.88. The molecule has 114 valence electrons. The Hall–Kier alpha value is -0.540. The van der Waals surface area contributed by atoms with E-state index in [4.69, 9.17) is 0 Å². The monoisotopic (exact) mass is 318 g/mol. The third-order valence-corrected chi connectivity index (χ3v) is 2.84. The zero-order valence-corrected chi connectivity index (χ0v) is 10.4. The summed E-state index contributed by atoms with van der Waals surface area (Å²) >= 11 is 0.447. The van der Waals surface area contributed by atoms with Gasteiger partial charge in [0.05, 0.1) is 0 Å². The van der Waals surface area contributed by atoms with Gasteiger partial charge in [0.2, 0.25) is 0 Å². The van der Waals surface area contributed by atoms with Crippen molar-refractivity contribution in [3.8, 4) is 0 Å². The van der Waals surface area contributed by atoms with Gasteiger partial charge >= 0.3 is 12.1 Å². The molecule has 0 saturated carbocycles. The lowest BCUT2D eigenvalue weighted by molar-refractivity contribution is -0.308. The van der Waals surface area contributed by atoms with E-state index in [1.54, 1.807) is 0 Å². The summed E-state index contributed by atoms with van der Waals surface area (Å²) in [5, 5.41) is -0.520. The predicted molar refractivity (Wildman–Crippen MR) is 53.2 cm³/mol. The molecule has 0 saturated heterocycles. The fraction of sp³-hybridized carbons (Fsp3) is 0.889. The Kier molecular flexibility index (Phi) is 6.10. The van der Waals surface area contributed by atoms with Crippen LogP contribution in [0.2, 0.25) is 0 Å². The van der Waals surface area contributed by atoms with Crippen LogP contribution in [0.15, 0.2) is 0 Å². The number of thioether (sulfide) groups is 1. The van der Waals surface area contributed by atoms with Crippen molar-refractivity contribution in [3.05, 3.63) is 0 Å². The molecule has 10 heteroatoms. The van der Waals surface area contributed by atoms with E-state index in [0.717, 1.165) is 6.92 Å². The van der Waals surface area contributed by atoms with Crippen LogP contribution in [0.5, 0.6) is 0 Å². The van der Waals surface area contributed by atoms with Crippen molar-refractivity contribution >= 4 is 16.9 Å². The van der Waals surface area contributed by atoms with E-state index in [1.807, 2.05) is 0 Å². The van der Waals surface area contributed by atoms with Crippen molar-refractivity contribution < 1.29 is 39.9 Å². The molecule has 0 bridgehead atoms. The van der Waals surface area contributed by atoms with E-state index >= 15 is 0 Å². The lowest BCUT2D eigenvalue weighted by Gasteiger charge is -2.26. The second-order valence-electron chi connectivity index (χ2n) is 3.74. The molecule has 0 aromatic rings. The van der Waals surface area contributed by atoms with Gasteiger partial charge in [0, 0.05) is 25.5 Å². The summed E-state index contributed by atoms with van der Waals surface area (Å²) in [5.41, 5.74) is 0. The van der Waals surface area contributed by atoms with Crippen LogP contribution >= 0.6 is 11.8 Å². The fourth-order valence-electron chi connectivity index (χ4n) is 1.01. The molecule has 1 atom stereocenters. The molecule has 0 aromatic heterocycles. The summed E-state index contributed by atoms with van der Waals surface area (Å²) in [6, 6.07) is 0. The quantitative estimate of drug-likeness (QED) is 0.682. The summed E-state index contributed by atoms with van der Waals surface area (Å²) < 4.78 is 98.7. The van der Waals surface area contributed by atoms with Gasteiger partial charge in [0.15, 0.2) is 11.3 Å². The Morgan fingerprint density at radius 2 is 1.58 bits per heavy atom. The number of alkyl halides is 8. The van der Waals surface area contributed by atoms with Crippen molar-refractivity contribution in [2.24, 2.45) is 0 Å². The first-order valence-electron chi connectivity index (χ1n) is 4.89. The van der Waals surface area contributed by atoms with Gasteiger partial charge in [-0.15, -0.1) is 0 Å². The maximum atomic E-state index is 13.0. The summed E-state index contributed by atoms with van der Waals surface area (Å²) in [6.45, 7) is 1.07. The summed E-state index contributed by atoms with van der Waals surface area (Å²) in [4.78, 5) is 10.4. The lowest BCUT2D eigenvalue weighted by Crippen LogP contribution is -2.47. The zero-order chi connectivity index (χ0) is 15.5. The molecule has 0 aliphatic heterocycles. The van der Waals surface area contributed by atoms with Crippen molar-refractivity contribution in [1.29, 1.82) is 0 Å². The SMILES string of the molecule is CC(=O)SCCC(F)(F)CC(F)C(F)(F)C(F)(F)F. The Labute approximate surface area is 107 Å². The molecule has 0 rings (SSSR count). The van der Waals surface area contributed by atoms with Crippen molar-refractivity contribution in [2.45, 2.75) is 44.0 Å². The number of rotatable bonds is 6. The number of carbonyl (C=O) groups excluding carboxylic acids is 1. The minimum absolute atomic E-state index is 0.447. The number of hydrogen-bond donors (Lipinski definition) is 0. The van der Waals surface area contributed by atoms with E-state index in [1.165, 1.54) is 0 Å². The van der Waals surface area contributed by atoms with Crippen LogP contribution in [0.3, 0.4) is 0 Å². The fourth-order valence-corrected chi connectivity index (χ4v) is 1.70. The smallest absolute Gasteiger partial charge is 0.288 e. The molecule has 0 fully saturated rings. The highest BCUT2D eigenvalue weighted by Gasteiger charge is 2.64. The largest absolute Gasteiger partial charge is 0.456 e. The zero-order valence-electron chi connectivity index (χ0n) is 9.54. The van der Waals surface area contributed by atoms with E-state index in [9.17, 15) is 39.9 Å². The van der Waals surface area contributed by atoms with Gasteiger partial charge in [-0.2, -0.15) is 22.0 Å². The highest BCUT2D eigenvalue weighted by molar-refractivity contribution is 8.13. The van der Waals surface area contributed by atoms with Crippen LogP contribution in [0, 0.1) is 0 Å². The first-order chi connectivity index (χ1) is 8.29. The van der Waals surface area contributed by atoms with Crippen LogP contribution in [0.25, 0.3) is 0 Å². The third-order valence-electron chi connectivity index (χ3n) is 2.02. The topological polar surface area (TPSA) is 17.1 Å². The molecule has 0 aliphatic carbocycles. The molecule has 1 unspecified atom stereocenters. The molecule has 0 radical (unpaired) electrons. The maximum Gasteiger partial charge on any atom is 0.456 e. The van der Waals surface area contributed by atoms with Gasteiger partial charge < -0.3 is 0 Å². The first kappa shape index (κ1) is 18.5. The van der Waals surface area contributed by atoms with E-state index in [0.29, 0.717) is 11.8 Å². The molecular weight excluding hydrogens is 308 g/mol. The van der Waals surface area contributed by atoms with Crippen molar-refractivity contribution in [3.63, 3.8) is 0 Å². The summed E-state index contributed by atoms with van der Waals surface area (Å²) in [5.74, 6) is -10.4. The van der Waals surface area contributed by atoms with E-state index in [-0.39, 0.29) is 0 Å². The van der Waals surface area contributed by atoms with Gasteiger partial charge in [0.25, 0.3) is 5.92 Å². The molecule has 0 amide bonds.